The van der Waals surface area contributed by atoms with E-state index in [0.717, 1.165) is 6.42 Å². The number of hydrogen-bond donors (Lipinski definition) is 1. The van der Waals surface area contributed by atoms with Crippen LogP contribution in [0.2, 0.25) is 5.02 Å². The summed E-state index contributed by atoms with van der Waals surface area (Å²) in [5.74, 6) is 0.0972. The van der Waals surface area contributed by atoms with Gasteiger partial charge in [0, 0.05) is 12.2 Å². The zero-order valence-corrected chi connectivity index (χ0v) is 16.7. The molecule has 5 rings (SSSR count). The quantitative estimate of drug-likeness (QED) is 0.622. The fourth-order valence-corrected chi connectivity index (χ4v) is 3.96. The lowest BCUT2D eigenvalue weighted by Gasteiger charge is -2.15. The van der Waals surface area contributed by atoms with E-state index in [4.69, 9.17) is 30.5 Å². The second-order valence-electron chi connectivity index (χ2n) is 7.31. The number of H-pyrrole nitrogens is 1. The summed E-state index contributed by atoms with van der Waals surface area (Å²) < 4.78 is 58.9. The first kappa shape index (κ1) is 20.3. The molecule has 3 atom stereocenters. The van der Waals surface area contributed by atoms with Crippen molar-refractivity contribution in [1.29, 1.82) is 0 Å². The Bertz CT molecular complexity index is 1090. The number of rotatable bonds is 5. The van der Waals surface area contributed by atoms with E-state index in [1.807, 2.05) is 0 Å². The molecule has 0 spiro atoms. The zero-order valence-electron chi connectivity index (χ0n) is 16.0. The number of imidazole rings is 1. The van der Waals surface area contributed by atoms with Crippen LogP contribution < -0.4 is 9.47 Å². The Labute approximate surface area is 179 Å². The van der Waals surface area contributed by atoms with Gasteiger partial charge in [0.2, 0.25) is 0 Å². The number of ether oxygens (including phenoxy) is 4. The normalized spacial score (nSPS) is 23.3. The van der Waals surface area contributed by atoms with Gasteiger partial charge in [0.15, 0.2) is 18.4 Å². The third-order valence-corrected chi connectivity index (χ3v) is 5.41. The molecule has 0 bridgehead atoms. The first-order chi connectivity index (χ1) is 14.9. The number of alkyl halides is 3. The van der Waals surface area contributed by atoms with Crippen molar-refractivity contribution in [1.82, 2.24) is 15.0 Å². The maximum Gasteiger partial charge on any atom is 0.422 e. The molecule has 0 amide bonds. The van der Waals surface area contributed by atoms with Crippen molar-refractivity contribution in [2.75, 3.05) is 19.8 Å². The van der Waals surface area contributed by atoms with Gasteiger partial charge in [0.05, 0.1) is 28.9 Å². The Hall–Kier alpha value is -2.56. The lowest BCUT2D eigenvalue weighted by atomic mass is 10.1. The Morgan fingerprint density at radius 1 is 1.16 bits per heavy atom. The van der Waals surface area contributed by atoms with Crippen molar-refractivity contribution < 1.29 is 32.1 Å². The number of aromatic amines is 1. The van der Waals surface area contributed by atoms with E-state index < -0.39 is 12.8 Å². The third-order valence-electron chi connectivity index (χ3n) is 5.12. The van der Waals surface area contributed by atoms with Crippen LogP contribution >= 0.6 is 11.6 Å². The standard InChI is InChI=1S/C20H17ClF3N3O4/c21-12-7-13-18(27-19(25-13)31-15-8-29-14-5-6-28-17(14)15)26-16(12)10-1-3-11(4-2-10)30-9-20(22,23)24/h1-4,7,14-15,17H,5-6,8-9H2,(H,25,26,27)/t14-,15?,17+/m1/s1. The van der Waals surface area contributed by atoms with Gasteiger partial charge in [-0.15, -0.1) is 0 Å². The van der Waals surface area contributed by atoms with Gasteiger partial charge in [-0.05, 0) is 36.8 Å². The van der Waals surface area contributed by atoms with E-state index >= 15 is 0 Å². The summed E-state index contributed by atoms with van der Waals surface area (Å²) in [6.07, 6.45) is -3.86. The van der Waals surface area contributed by atoms with Crippen LogP contribution in [0.25, 0.3) is 22.4 Å². The lowest BCUT2D eigenvalue weighted by Crippen LogP contribution is -2.32. The molecule has 7 nitrogen and oxygen atoms in total. The molecular weight excluding hydrogens is 439 g/mol. The molecule has 0 saturated carbocycles. The molecule has 31 heavy (non-hydrogen) atoms. The van der Waals surface area contributed by atoms with Crippen molar-refractivity contribution in [3.8, 4) is 23.0 Å². The fraction of sp³-hybridized carbons (Fsp3) is 0.400. The van der Waals surface area contributed by atoms with Gasteiger partial charge < -0.3 is 23.9 Å². The van der Waals surface area contributed by atoms with Crippen LogP contribution in [0.3, 0.4) is 0 Å². The smallest absolute Gasteiger partial charge is 0.422 e. The highest BCUT2D eigenvalue weighted by atomic mass is 35.5. The molecule has 4 heterocycles. The predicted molar refractivity (Wildman–Crippen MR) is 104 cm³/mol. The average molecular weight is 456 g/mol. The van der Waals surface area contributed by atoms with Crippen LogP contribution in [0.1, 0.15) is 6.42 Å². The highest BCUT2D eigenvalue weighted by Crippen LogP contribution is 2.32. The highest BCUT2D eigenvalue weighted by molar-refractivity contribution is 6.33. The van der Waals surface area contributed by atoms with Gasteiger partial charge >= 0.3 is 6.18 Å². The first-order valence-corrected chi connectivity index (χ1v) is 10.00. The molecule has 0 radical (unpaired) electrons. The van der Waals surface area contributed by atoms with Gasteiger partial charge in [-0.25, -0.2) is 4.98 Å². The molecule has 2 aliphatic rings. The minimum Gasteiger partial charge on any atom is -0.484 e. The number of fused-ring (bicyclic) bond motifs is 2. The average Bonchev–Trinajstić information content (AvgIpc) is 3.43. The summed E-state index contributed by atoms with van der Waals surface area (Å²) in [7, 11) is 0. The third kappa shape index (κ3) is 4.28. The van der Waals surface area contributed by atoms with E-state index in [0.29, 0.717) is 40.7 Å². The maximum atomic E-state index is 12.3. The maximum absolute atomic E-state index is 12.3. The summed E-state index contributed by atoms with van der Waals surface area (Å²) in [6.45, 7) is -0.281. The molecule has 2 aromatic heterocycles. The molecule has 2 aliphatic heterocycles. The van der Waals surface area contributed by atoms with Crippen LogP contribution in [0.15, 0.2) is 30.3 Å². The Morgan fingerprint density at radius 3 is 2.74 bits per heavy atom. The summed E-state index contributed by atoms with van der Waals surface area (Å²) in [5, 5.41) is 0.357. The summed E-state index contributed by atoms with van der Waals surface area (Å²) in [4.78, 5) is 11.9. The van der Waals surface area contributed by atoms with Crippen LogP contribution in [-0.4, -0.2) is 59.3 Å². The van der Waals surface area contributed by atoms with E-state index in [9.17, 15) is 13.2 Å². The molecule has 3 aromatic rings. The number of nitrogens with zero attached hydrogens (tertiary/aromatic N) is 2. The number of halogens is 4. The summed E-state index contributed by atoms with van der Waals surface area (Å²) >= 11 is 6.38. The Kier molecular flexibility index (Phi) is 5.15. The molecule has 1 N–H and O–H groups in total. The van der Waals surface area contributed by atoms with Crippen LogP contribution in [0.4, 0.5) is 13.2 Å². The van der Waals surface area contributed by atoms with E-state index in [2.05, 4.69) is 15.0 Å². The van der Waals surface area contributed by atoms with Gasteiger partial charge in [0.25, 0.3) is 6.01 Å². The molecule has 11 heteroatoms. The number of benzene rings is 1. The molecule has 1 unspecified atom stereocenters. The van der Waals surface area contributed by atoms with Crippen molar-refractivity contribution in [3.05, 3.63) is 35.4 Å². The zero-order chi connectivity index (χ0) is 21.6. The minimum absolute atomic E-state index is 0.0524. The van der Waals surface area contributed by atoms with Crippen LogP contribution in [-0.2, 0) is 9.47 Å². The van der Waals surface area contributed by atoms with Crippen LogP contribution in [0.5, 0.6) is 11.8 Å². The molecule has 164 valence electrons. The second kappa shape index (κ2) is 7.85. The van der Waals surface area contributed by atoms with Crippen molar-refractivity contribution in [2.24, 2.45) is 0 Å². The van der Waals surface area contributed by atoms with E-state index in [-0.39, 0.29) is 30.1 Å². The van der Waals surface area contributed by atoms with Crippen molar-refractivity contribution in [2.45, 2.75) is 30.9 Å². The molecule has 2 saturated heterocycles. The van der Waals surface area contributed by atoms with Crippen molar-refractivity contribution in [3.63, 3.8) is 0 Å². The number of aromatic nitrogens is 3. The Balaban J connectivity index is 1.34. The largest absolute Gasteiger partial charge is 0.484 e. The fourth-order valence-electron chi connectivity index (χ4n) is 3.70. The van der Waals surface area contributed by atoms with E-state index in [1.165, 1.54) is 12.1 Å². The van der Waals surface area contributed by atoms with Gasteiger partial charge in [-0.2, -0.15) is 18.2 Å². The SMILES string of the molecule is FC(F)(F)COc1ccc(-c2nc3nc(OC4CO[C@@H]5CCO[C@H]45)[nH]c3cc2Cl)cc1. The number of nitrogens with one attached hydrogen (secondary N) is 1. The molecular formula is C20H17ClF3N3O4. The molecule has 0 aliphatic carbocycles. The monoisotopic (exact) mass is 455 g/mol. The van der Waals surface area contributed by atoms with Gasteiger partial charge in [-0.3, -0.25) is 0 Å². The van der Waals surface area contributed by atoms with Gasteiger partial charge in [-0.1, -0.05) is 11.6 Å². The highest BCUT2D eigenvalue weighted by Gasteiger charge is 2.43. The topological polar surface area (TPSA) is 78.5 Å². The Morgan fingerprint density at radius 2 is 1.97 bits per heavy atom. The summed E-state index contributed by atoms with van der Waals surface area (Å²) in [6, 6.07) is 8.00. The summed E-state index contributed by atoms with van der Waals surface area (Å²) in [5.41, 5.74) is 2.05. The van der Waals surface area contributed by atoms with Gasteiger partial charge in [0.1, 0.15) is 11.9 Å². The first-order valence-electron chi connectivity index (χ1n) is 9.62. The predicted octanol–water partition coefficient (Wildman–Crippen LogP) is 4.15. The number of pyridine rings is 1. The second-order valence-corrected chi connectivity index (χ2v) is 7.72. The van der Waals surface area contributed by atoms with Crippen LogP contribution in [0, 0.1) is 0 Å². The minimum atomic E-state index is -4.40. The molecule has 1 aromatic carbocycles. The van der Waals surface area contributed by atoms with Crippen molar-refractivity contribution >= 4 is 22.8 Å². The lowest BCUT2D eigenvalue weighted by molar-refractivity contribution is -0.153. The number of hydrogen-bond acceptors (Lipinski definition) is 6. The van der Waals surface area contributed by atoms with E-state index in [1.54, 1.807) is 18.2 Å². The molecule has 2 fully saturated rings.